The van der Waals surface area contributed by atoms with E-state index < -0.39 is 0 Å². The SMILES string of the molecule is CC1CC1CN(C)CC(CO)(NC1CC1)c1ccccc1. The topological polar surface area (TPSA) is 35.5 Å². The summed E-state index contributed by atoms with van der Waals surface area (Å²) in [6, 6.07) is 11.0. The van der Waals surface area contributed by atoms with Gasteiger partial charge in [-0.2, -0.15) is 0 Å². The highest BCUT2D eigenvalue weighted by Crippen LogP contribution is 2.38. The molecular formula is C18H28N2O. The van der Waals surface area contributed by atoms with E-state index in [-0.39, 0.29) is 12.1 Å². The van der Waals surface area contributed by atoms with Crippen LogP contribution in [-0.2, 0) is 5.54 Å². The molecule has 0 radical (unpaired) electrons. The van der Waals surface area contributed by atoms with E-state index in [1.165, 1.54) is 24.8 Å². The summed E-state index contributed by atoms with van der Waals surface area (Å²) in [6.45, 7) is 4.49. The molecule has 0 amide bonds. The fraction of sp³-hybridized carbons (Fsp3) is 0.667. The lowest BCUT2D eigenvalue weighted by atomic mass is 9.89. The molecule has 2 N–H and O–H groups in total. The summed E-state index contributed by atoms with van der Waals surface area (Å²) in [7, 11) is 2.19. The molecule has 0 saturated heterocycles. The van der Waals surface area contributed by atoms with Crippen molar-refractivity contribution in [1.82, 2.24) is 10.2 Å². The maximum Gasteiger partial charge on any atom is 0.0799 e. The molecule has 2 fully saturated rings. The highest BCUT2D eigenvalue weighted by molar-refractivity contribution is 5.26. The average Bonchev–Trinajstić information content (AvgIpc) is 3.40. The minimum atomic E-state index is -0.324. The molecule has 3 rings (SSSR count). The summed E-state index contributed by atoms with van der Waals surface area (Å²) in [5.74, 6) is 1.73. The fourth-order valence-electron chi connectivity index (χ4n) is 3.36. The van der Waals surface area contributed by atoms with Crippen molar-refractivity contribution in [2.45, 2.75) is 37.8 Å². The number of likely N-dealkylation sites (N-methyl/N-ethyl adjacent to an activating group) is 1. The van der Waals surface area contributed by atoms with Crippen molar-refractivity contribution < 1.29 is 5.11 Å². The zero-order chi connectivity index (χ0) is 14.9. The second-order valence-corrected chi connectivity index (χ2v) is 7.19. The van der Waals surface area contributed by atoms with E-state index in [9.17, 15) is 5.11 Å². The van der Waals surface area contributed by atoms with Crippen molar-refractivity contribution in [1.29, 1.82) is 0 Å². The standard InChI is InChI=1S/C18H28N2O/c1-14-10-15(14)11-20(2)12-18(13-21,19-17-8-9-17)16-6-4-3-5-7-16/h3-7,14-15,17,19,21H,8-13H2,1-2H3. The van der Waals surface area contributed by atoms with Gasteiger partial charge in [0, 0.05) is 19.1 Å². The molecule has 116 valence electrons. The van der Waals surface area contributed by atoms with Gasteiger partial charge in [-0.25, -0.2) is 0 Å². The van der Waals surface area contributed by atoms with Gasteiger partial charge in [0.05, 0.1) is 12.1 Å². The molecule has 2 saturated carbocycles. The monoisotopic (exact) mass is 288 g/mol. The van der Waals surface area contributed by atoms with Gasteiger partial charge in [0.25, 0.3) is 0 Å². The van der Waals surface area contributed by atoms with Crippen molar-refractivity contribution in [3.8, 4) is 0 Å². The summed E-state index contributed by atoms with van der Waals surface area (Å²) < 4.78 is 0. The Hall–Kier alpha value is -0.900. The maximum absolute atomic E-state index is 10.2. The summed E-state index contributed by atoms with van der Waals surface area (Å²) in [5.41, 5.74) is 0.880. The summed E-state index contributed by atoms with van der Waals surface area (Å²) >= 11 is 0. The van der Waals surface area contributed by atoms with Crippen LogP contribution in [0.1, 0.15) is 31.7 Å². The van der Waals surface area contributed by atoms with Gasteiger partial charge >= 0.3 is 0 Å². The predicted octanol–water partition coefficient (Wildman–Crippen LogP) is 2.21. The van der Waals surface area contributed by atoms with Crippen LogP contribution >= 0.6 is 0 Å². The molecule has 2 aliphatic carbocycles. The average molecular weight is 288 g/mol. The molecule has 2 aliphatic rings. The van der Waals surface area contributed by atoms with Crippen molar-refractivity contribution in [2.75, 3.05) is 26.7 Å². The Kier molecular flexibility index (Phi) is 4.34. The van der Waals surface area contributed by atoms with Crippen LogP contribution < -0.4 is 5.32 Å². The quantitative estimate of drug-likeness (QED) is 0.770. The number of rotatable bonds is 8. The Morgan fingerprint density at radius 3 is 2.48 bits per heavy atom. The number of aliphatic hydroxyl groups excluding tert-OH is 1. The van der Waals surface area contributed by atoms with Gasteiger partial charge in [0.2, 0.25) is 0 Å². The molecular weight excluding hydrogens is 260 g/mol. The zero-order valence-electron chi connectivity index (χ0n) is 13.3. The van der Waals surface area contributed by atoms with Gasteiger partial charge in [0.1, 0.15) is 0 Å². The van der Waals surface area contributed by atoms with Crippen LogP contribution in [0.4, 0.5) is 0 Å². The Morgan fingerprint density at radius 2 is 1.95 bits per heavy atom. The highest BCUT2D eigenvalue weighted by Gasteiger charge is 2.40. The normalized spacial score (nSPS) is 27.6. The Bertz CT molecular complexity index is 460. The number of nitrogens with zero attached hydrogens (tertiary/aromatic N) is 1. The van der Waals surface area contributed by atoms with E-state index in [4.69, 9.17) is 0 Å². The Balaban J connectivity index is 1.73. The van der Waals surface area contributed by atoms with Gasteiger partial charge in [-0.1, -0.05) is 37.3 Å². The molecule has 3 atom stereocenters. The highest BCUT2D eigenvalue weighted by atomic mass is 16.3. The summed E-state index contributed by atoms with van der Waals surface area (Å²) in [6.07, 6.45) is 3.83. The smallest absolute Gasteiger partial charge is 0.0799 e. The second kappa shape index (κ2) is 6.07. The van der Waals surface area contributed by atoms with Gasteiger partial charge in [0.15, 0.2) is 0 Å². The first-order valence-corrected chi connectivity index (χ1v) is 8.25. The lowest BCUT2D eigenvalue weighted by Crippen LogP contribution is -2.54. The number of nitrogens with one attached hydrogen (secondary N) is 1. The largest absolute Gasteiger partial charge is 0.394 e. The van der Waals surface area contributed by atoms with E-state index >= 15 is 0 Å². The van der Waals surface area contributed by atoms with E-state index in [1.54, 1.807) is 0 Å². The third-order valence-corrected chi connectivity index (χ3v) is 5.02. The number of hydrogen-bond donors (Lipinski definition) is 2. The van der Waals surface area contributed by atoms with Gasteiger partial charge in [-0.3, -0.25) is 0 Å². The van der Waals surface area contributed by atoms with E-state index in [1.807, 2.05) is 6.07 Å². The molecule has 1 aromatic rings. The summed E-state index contributed by atoms with van der Waals surface area (Å²) in [5, 5.41) is 13.9. The molecule has 0 bridgehead atoms. The first-order chi connectivity index (χ1) is 10.1. The lowest BCUT2D eigenvalue weighted by molar-refractivity contribution is 0.113. The number of hydrogen-bond acceptors (Lipinski definition) is 3. The fourth-order valence-corrected chi connectivity index (χ4v) is 3.36. The van der Waals surface area contributed by atoms with E-state index in [0.29, 0.717) is 6.04 Å². The molecule has 1 aromatic carbocycles. The Morgan fingerprint density at radius 1 is 1.29 bits per heavy atom. The van der Waals surface area contributed by atoms with E-state index in [2.05, 4.69) is 48.5 Å². The molecule has 0 spiro atoms. The second-order valence-electron chi connectivity index (χ2n) is 7.19. The third-order valence-electron chi connectivity index (χ3n) is 5.02. The lowest BCUT2D eigenvalue weighted by Gasteiger charge is -2.37. The van der Waals surface area contributed by atoms with Crippen molar-refractivity contribution >= 4 is 0 Å². The van der Waals surface area contributed by atoms with Crippen LogP contribution in [-0.4, -0.2) is 42.8 Å². The van der Waals surface area contributed by atoms with Gasteiger partial charge in [-0.15, -0.1) is 0 Å². The molecule has 0 heterocycles. The first-order valence-electron chi connectivity index (χ1n) is 8.25. The van der Waals surface area contributed by atoms with Crippen LogP contribution in [0.3, 0.4) is 0 Å². The maximum atomic E-state index is 10.2. The van der Waals surface area contributed by atoms with Crippen molar-refractivity contribution in [3.05, 3.63) is 35.9 Å². The molecule has 21 heavy (non-hydrogen) atoms. The van der Waals surface area contributed by atoms with Gasteiger partial charge in [-0.05, 0) is 43.7 Å². The summed E-state index contributed by atoms with van der Waals surface area (Å²) in [4.78, 5) is 2.40. The zero-order valence-corrected chi connectivity index (χ0v) is 13.3. The molecule has 3 unspecified atom stereocenters. The molecule has 0 aromatic heterocycles. The Labute approximate surface area is 128 Å². The minimum Gasteiger partial charge on any atom is -0.394 e. The van der Waals surface area contributed by atoms with Gasteiger partial charge < -0.3 is 15.3 Å². The van der Waals surface area contributed by atoms with Crippen LogP contribution in [0, 0.1) is 11.8 Å². The third kappa shape index (κ3) is 3.65. The van der Waals surface area contributed by atoms with Crippen LogP contribution in [0.25, 0.3) is 0 Å². The van der Waals surface area contributed by atoms with Crippen LogP contribution in [0.15, 0.2) is 30.3 Å². The predicted molar refractivity (Wildman–Crippen MR) is 86.1 cm³/mol. The number of benzene rings is 1. The van der Waals surface area contributed by atoms with Crippen molar-refractivity contribution in [2.24, 2.45) is 11.8 Å². The molecule has 0 aliphatic heterocycles. The minimum absolute atomic E-state index is 0.151. The van der Waals surface area contributed by atoms with Crippen molar-refractivity contribution in [3.63, 3.8) is 0 Å². The molecule has 3 nitrogen and oxygen atoms in total. The van der Waals surface area contributed by atoms with Crippen LogP contribution in [0.5, 0.6) is 0 Å². The molecule has 3 heteroatoms. The van der Waals surface area contributed by atoms with Crippen LogP contribution in [0.2, 0.25) is 0 Å². The first kappa shape index (κ1) is 15.0. The number of aliphatic hydroxyl groups is 1. The van der Waals surface area contributed by atoms with E-state index in [0.717, 1.165) is 24.9 Å².